The maximum atomic E-state index is 5.98. The monoisotopic (exact) mass is 558 g/mol. The molecule has 208 valence electrons. The van der Waals surface area contributed by atoms with Gasteiger partial charge in [0.1, 0.15) is 12.4 Å². The van der Waals surface area contributed by atoms with E-state index in [0.717, 1.165) is 60.3 Å². The molecule has 6 rings (SSSR count). The summed E-state index contributed by atoms with van der Waals surface area (Å²) in [6, 6.07) is 15.8. The summed E-state index contributed by atoms with van der Waals surface area (Å²) in [6.07, 6.45) is 11.1. The van der Waals surface area contributed by atoms with Crippen LogP contribution in [-0.2, 0) is 6.54 Å². The SMILES string of the molecule is Clc1ccc(OCCn2cc(/C=N/Nc3nc(N4CCCCC4)nc(N4CCCCC4)n3)c3ccccc32)cc1. The van der Waals surface area contributed by atoms with Gasteiger partial charge in [0.25, 0.3) is 0 Å². The summed E-state index contributed by atoms with van der Waals surface area (Å²) in [5.74, 6) is 2.76. The highest BCUT2D eigenvalue weighted by Crippen LogP contribution is 2.24. The average molecular weight is 559 g/mol. The standard InChI is InChI=1S/C30H35ClN8O/c31-24-11-13-25(14-12-24)40-20-19-39-22-23(26-9-3-4-10-27(26)39)21-32-36-28-33-29(37-15-5-1-6-16-37)35-30(34-28)38-17-7-2-8-18-38/h3-4,9-14,21-22H,1-2,5-8,15-20H2,(H,33,34,35,36)/b32-21+. The summed E-state index contributed by atoms with van der Waals surface area (Å²) in [4.78, 5) is 18.9. The van der Waals surface area contributed by atoms with Crippen LogP contribution in [0, 0.1) is 0 Å². The number of rotatable bonds is 9. The van der Waals surface area contributed by atoms with Gasteiger partial charge in [-0.15, -0.1) is 0 Å². The molecule has 40 heavy (non-hydrogen) atoms. The zero-order valence-corrected chi connectivity index (χ0v) is 23.4. The van der Waals surface area contributed by atoms with E-state index in [-0.39, 0.29) is 0 Å². The van der Waals surface area contributed by atoms with E-state index in [1.54, 1.807) is 0 Å². The molecule has 0 bridgehead atoms. The molecule has 2 aliphatic rings. The molecule has 2 saturated heterocycles. The number of hydrazone groups is 1. The Morgan fingerprint density at radius 1 is 0.825 bits per heavy atom. The molecular formula is C30H35ClN8O. The molecular weight excluding hydrogens is 524 g/mol. The number of ether oxygens (including phenoxy) is 1. The first kappa shape index (κ1) is 26.4. The Bertz CT molecular complexity index is 1410. The van der Waals surface area contributed by atoms with Gasteiger partial charge in [-0.25, -0.2) is 5.43 Å². The average Bonchev–Trinajstić information content (AvgIpc) is 3.36. The first-order valence-corrected chi connectivity index (χ1v) is 14.6. The summed E-state index contributed by atoms with van der Waals surface area (Å²) in [6.45, 7) is 5.16. The van der Waals surface area contributed by atoms with Gasteiger partial charge in [0.05, 0.1) is 12.8 Å². The minimum atomic E-state index is 0.479. The van der Waals surface area contributed by atoms with Crippen LogP contribution in [0.15, 0.2) is 59.8 Å². The molecule has 1 N–H and O–H groups in total. The fourth-order valence-corrected chi connectivity index (χ4v) is 5.52. The fourth-order valence-electron chi connectivity index (χ4n) is 5.39. The van der Waals surface area contributed by atoms with Crippen molar-refractivity contribution < 1.29 is 4.74 Å². The molecule has 4 aromatic rings. The van der Waals surface area contributed by atoms with Crippen molar-refractivity contribution in [2.75, 3.05) is 48.0 Å². The lowest BCUT2D eigenvalue weighted by atomic mass is 10.1. The van der Waals surface area contributed by atoms with Crippen molar-refractivity contribution in [2.24, 2.45) is 5.10 Å². The molecule has 0 amide bonds. The number of fused-ring (bicyclic) bond motifs is 1. The molecule has 10 heteroatoms. The van der Waals surface area contributed by atoms with Crippen molar-refractivity contribution in [1.29, 1.82) is 0 Å². The molecule has 0 aliphatic carbocycles. The molecule has 9 nitrogen and oxygen atoms in total. The van der Waals surface area contributed by atoms with Crippen molar-refractivity contribution >= 4 is 46.6 Å². The van der Waals surface area contributed by atoms with Crippen LogP contribution in [0.3, 0.4) is 0 Å². The highest BCUT2D eigenvalue weighted by Gasteiger charge is 2.20. The van der Waals surface area contributed by atoms with E-state index in [9.17, 15) is 0 Å². The summed E-state index contributed by atoms with van der Waals surface area (Å²) >= 11 is 5.98. The molecule has 2 fully saturated rings. The largest absolute Gasteiger partial charge is 0.492 e. The lowest BCUT2D eigenvalue weighted by molar-refractivity contribution is 0.300. The van der Waals surface area contributed by atoms with E-state index in [2.05, 4.69) is 43.2 Å². The van der Waals surface area contributed by atoms with Crippen molar-refractivity contribution in [3.8, 4) is 5.75 Å². The number of nitrogens with one attached hydrogen (secondary N) is 1. The highest BCUT2D eigenvalue weighted by atomic mass is 35.5. The van der Waals surface area contributed by atoms with Crippen LogP contribution < -0.4 is 20.0 Å². The normalized spacial score (nSPS) is 16.1. The van der Waals surface area contributed by atoms with E-state index < -0.39 is 0 Å². The van der Waals surface area contributed by atoms with Gasteiger partial charge in [0.2, 0.25) is 17.8 Å². The second kappa shape index (κ2) is 12.6. The lowest BCUT2D eigenvalue weighted by Gasteiger charge is -2.30. The van der Waals surface area contributed by atoms with Gasteiger partial charge < -0.3 is 19.1 Å². The lowest BCUT2D eigenvalue weighted by Crippen LogP contribution is -2.34. The predicted molar refractivity (Wildman–Crippen MR) is 162 cm³/mol. The Morgan fingerprint density at radius 3 is 2.15 bits per heavy atom. The fraction of sp³-hybridized carbons (Fsp3) is 0.400. The van der Waals surface area contributed by atoms with Crippen LogP contribution in [0.5, 0.6) is 5.75 Å². The molecule has 4 heterocycles. The van der Waals surface area contributed by atoms with Gasteiger partial charge in [-0.2, -0.15) is 20.1 Å². The third-order valence-corrected chi connectivity index (χ3v) is 7.74. The topological polar surface area (TPSA) is 83.7 Å². The Balaban J connectivity index is 1.19. The smallest absolute Gasteiger partial charge is 0.250 e. The van der Waals surface area contributed by atoms with E-state index in [1.165, 1.54) is 38.5 Å². The highest BCUT2D eigenvalue weighted by molar-refractivity contribution is 6.30. The van der Waals surface area contributed by atoms with Crippen LogP contribution in [0.2, 0.25) is 5.02 Å². The van der Waals surface area contributed by atoms with Crippen LogP contribution >= 0.6 is 11.6 Å². The van der Waals surface area contributed by atoms with Gasteiger partial charge in [0, 0.05) is 53.9 Å². The van der Waals surface area contributed by atoms with Crippen molar-refractivity contribution in [3.63, 3.8) is 0 Å². The number of nitrogens with zero attached hydrogens (tertiary/aromatic N) is 7. The zero-order valence-electron chi connectivity index (χ0n) is 22.7. The third-order valence-electron chi connectivity index (χ3n) is 7.49. The third kappa shape index (κ3) is 6.31. The van der Waals surface area contributed by atoms with E-state index >= 15 is 0 Å². The van der Waals surface area contributed by atoms with Crippen LogP contribution in [-0.4, -0.2) is 58.5 Å². The van der Waals surface area contributed by atoms with Gasteiger partial charge in [0.15, 0.2) is 0 Å². The van der Waals surface area contributed by atoms with E-state index in [0.29, 0.717) is 24.1 Å². The predicted octanol–water partition coefficient (Wildman–Crippen LogP) is 5.99. The number of benzene rings is 2. The number of hydrogen-bond donors (Lipinski definition) is 1. The summed E-state index contributed by atoms with van der Waals surface area (Å²) in [5, 5.41) is 6.38. The maximum Gasteiger partial charge on any atom is 0.250 e. The molecule has 2 aromatic heterocycles. The van der Waals surface area contributed by atoms with E-state index in [1.807, 2.05) is 42.6 Å². The minimum absolute atomic E-state index is 0.479. The number of piperidine rings is 2. The number of halogens is 1. The van der Waals surface area contributed by atoms with Crippen molar-refractivity contribution in [3.05, 3.63) is 65.3 Å². The first-order chi connectivity index (χ1) is 19.7. The number of anilines is 3. The zero-order chi connectivity index (χ0) is 27.1. The summed E-state index contributed by atoms with van der Waals surface area (Å²) in [7, 11) is 0. The number of para-hydroxylation sites is 1. The maximum absolute atomic E-state index is 5.98. The Hall–Kier alpha value is -3.85. The second-order valence-electron chi connectivity index (χ2n) is 10.3. The first-order valence-electron chi connectivity index (χ1n) is 14.2. The molecule has 2 aromatic carbocycles. The van der Waals surface area contributed by atoms with Crippen molar-refractivity contribution in [2.45, 2.75) is 45.1 Å². The van der Waals surface area contributed by atoms with E-state index in [4.69, 9.17) is 31.3 Å². The molecule has 0 atom stereocenters. The quantitative estimate of drug-likeness (QED) is 0.200. The van der Waals surface area contributed by atoms with Crippen LogP contribution in [0.4, 0.5) is 17.8 Å². The van der Waals surface area contributed by atoms with Gasteiger partial charge >= 0.3 is 0 Å². The minimum Gasteiger partial charge on any atom is -0.492 e. The van der Waals surface area contributed by atoms with Gasteiger partial charge in [-0.3, -0.25) is 0 Å². The Morgan fingerprint density at radius 2 is 1.48 bits per heavy atom. The molecule has 0 saturated carbocycles. The summed E-state index contributed by atoms with van der Waals surface area (Å²) < 4.78 is 8.12. The van der Waals surface area contributed by atoms with Crippen LogP contribution in [0.25, 0.3) is 10.9 Å². The Kier molecular flexibility index (Phi) is 8.28. The van der Waals surface area contributed by atoms with Gasteiger partial charge in [-0.05, 0) is 68.9 Å². The molecule has 0 unspecified atom stereocenters. The van der Waals surface area contributed by atoms with Gasteiger partial charge in [-0.1, -0.05) is 29.8 Å². The Labute approximate surface area is 239 Å². The number of aromatic nitrogens is 4. The van der Waals surface area contributed by atoms with Crippen molar-refractivity contribution in [1.82, 2.24) is 19.5 Å². The number of hydrogen-bond acceptors (Lipinski definition) is 8. The second-order valence-corrected chi connectivity index (χ2v) is 10.8. The molecule has 0 spiro atoms. The molecule has 0 radical (unpaired) electrons. The summed E-state index contributed by atoms with van der Waals surface area (Å²) in [5.41, 5.74) is 5.24. The van der Waals surface area contributed by atoms with Crippen LogP contribution in [0.1, 0.15) is 44.1 Å². The molecule has 2 aliphatic heterocycles.